The molecule has 0 saturated heterocycles. The van der Waals surface area contributed by atoms with Crippen LogP contribution >= 0.6 is 0 Å². The van der Waals surface area contributed by atoms with Crippen molar-refractivity contribution in [2.24, 2.45) is 0 Å². The molecule has 0 saturated carbocycles. The molecule has 1 aromatic rings. The van der Waals surface area contributed by atoms with Crippen LogP contribution in [0.1, 0.15) is 44.4 Å². The Labute approximate surface area is 93.1 Å². The Hall–Kier alpha value is -0.890. The molecule has 84 valence electrons. The molecule has 0 aliphatic rings. The summed E-state index contributed by atoms with van der Waals surface area (Å²) >= 11 is 0. The summed E-state index contributed by atoms with van der Waals surface area (Å²) in [5.41, 5.74) is 2.49. The molecule has 0 bridgehead atoms. The number of hydrogen-bond acceptors (Lipinski definition) is 2. The van der Waals surface area contributed by atoms with Gasteiger partial charge in [-0.1, -0.05) is 20.8 Å². The van der Waals surface area contributed by atoms with E-state index in [4.69, 9.17) is 0 Å². The van der Waals surface area contributed by atoms with Crippen molar-refractivity contribution in [3.63, 3.8) is 0 Å². The van der Waals surface area contributed by atoms with Crippen LogP contribution in [-0.2, 0) is 0 Å². The van der Waals surface area contributed by atoms with Crippen LogP contribution in [0.15, 0.2) is 18.3 Å². The summed E-state index contributed by atoms with van der Waals surface area (Å²) in [6, 6.07) is 4.76. The Morgan fingerprint density at radius 1 is 1.40 bits per heavy atom. The van der Waals surface area contributed by atoms with Gasteiger partial charge in [-0.15, -0.1) is 0 Å². The maximum atomic E-state index is 4.45. The Bertz CT molecular complexity index is 296. The number of nitrogens with one attached hydrogen (secondary N) is 1. The average Bonchev–Trinajstić information content (AvgIpc) is 2.25. The van der Waals surface area contributed by atoms with Crippen molar-refractivity contribution in [3.05, 3.63) is 29.6 Å². The fraction of sp³-hybridized carbons (Fsp3) is 0.615. The summed E-state index contributed by atoms with van der Waals surface area (Å²) in [5.74, 6) is 0.481. The standard InChI is InChI=1S/C13H22N2/c1-5-12(14-6-2)11(4)13-9-10(3)7-8-15-13/h7-9,11-12,14H,5-6H2,1-4H3. The van der Waals surface area contributed by atoms with Gasteiger partial charge in [0, 0.05) is 23.9 Å². The van der Waals surface area contributed by atoms with Gasteiger partial charge in [0.25, 0.3) is 0 Å². The van der Waals surface area contributed by atoms with Crippen LogP contribution in [0.4, 0.5) is 0 Å². The molecule has 15 heavy (non-hydrogen) atoms. The normalized spacial score (nSPS) is 14.9. The first-order valence-corrected chi connectivity index (χ1v) is 5.85. The molecule has 0 spiro atoms. The van der Waals surface area contributed by atoms with E-state index in [1.54, 1.807) is 0 Å². The van der Waals surface area contributed by atoms with Crippen LogP contribution < -0.4 is 5.32 Å². The minimum absolute atomic E-state index is 0.481. The molecule has 1 aromatic heterocycles. The number of nitrogens with zero attached hydrogens (tertiary/aromatic N) is 1. The zero-order valence-electron chi connectivity index (χ0n) is 10.2. The molecule has 0 radical (unpaired) electrons. The summed E-state index contributed by atoms with van der Waals surface area (Å²) in [5, 5.41) is 3.51. The van der Waals surface area contributed by atoms with Gasteiger partial charge >= 0.3 is 0 Å². The number of pyridine rings is 1. The number of rotatable bonds is 5. The molecule has 1 N–H and O–H groups in total. The molecule has 0 fully saturated rings. The second-order valence-corrected chi connectivity index (χ2v) is 4.12. The van der Waals surface area contributed by atoms with Crippen LogP contribution in [0.2, 0.25) is 0 Å². The highest BCUT2D eigenvalue weighted by Gasteiger charge is 2.16. The summed E-state index contributed by atoms with van der Waals surface area (Å²) in [4.78, 5) is 4.45. The third-order valence-electron chi connectivity index (χ3n) is 2.91. The topological polar surface area (TPSA) is 24.9 Å². The van der Waals surface area contributed by atoms with Crippen LogP contribution in [0, 0.1) is 6.92 Å². The minimum atomic E-state index is 0.481. The first-order valence-electron chi connectivity index (χ1n) is 5.85. The van der Waals surface area contributed by atoms with E-state index in [-0.39, 0.29) is 0 Å². The van der Waals surface area contributed by atoms with Gasteiger partial charge in [0.05, 0.1) is 0 Å². The highest BCUT2D eigenvalue weighted by Crippen LogP contribution is 2.19. The summed E-state index contributed by atoms with van der Waals surface area (Å²) in [6.07, 6.45) is 3.05. The second kappa shape index (κ2) is 5.86. The number of aryl methyl sites for hydroxylation is 1. The van der Waals surface area contributed by atoms with E-state index in [1.165, 1.54) is 11.3 Å². The molecule has 2 unspecified atom stereocenters. The van der Waals surface area contributed by atoms with E-state index in [1.807, 2.05) is 12.3 Å². The quantitative estimate of drug-likeness (QED) is 0.801. The van der Waals surface area contributed by atoms with Crippen molar-refractivity contribution in [1.29, 1.82) is 0 Å². The average molecular weight is 206 g/mol. The van der Waals surface area contributed by atoms with E-state index < -0.39 is 0 Å². The lowest BCUT2D eigenvalue weighted by atomic mass is 9.95. The Morgan fingerprint density at radius 3 is 2.67 bits per heavy atom. The van der Waals surface area contributed by atoms with Gasteiger partial charge in [-0.05, 0) is 37.6 Å². The maximum absolute atomic E-state index is 4.45. The van der Waals surface area contributed by atoms with Gasteiger partial charge in [-0.25, -0.2) is 0 Å². The van der Waals surface area contributed by atoms with Gasteiger partial charge in [0.1, 0.15) is 0 Å². The fourth-order valence-corrected chi connectivity index (χ4v) is 1.95. The lowest BCUT2D eigenvalue weighted by Gasteiger charge is -2.23. The van der Waals surface area contributed by atoms with Crippen molar-refractivity contribution in [2.75, 3.05) is 6.54 Å². The van der Waals surface area contributed by atoms with Gasteiger partial charge in [-0.2, -0.15) is 0 Å². The van der Waals surface area contributed by atoms with Crippen molar-refractivity contribution < 1.29 is 0 Å². The first kappa shape index (κ1) is 12.2. The van der Waals surface area contributed by atoms with E-state index in [0.717, 1.165) is 13.0 Å². The fourth-order valence-electron chi connectivity index (χ4n) is 1.95. The molecule has 2 atom stereocenters. The van der Waals surface area contributed by atoms with E-state index in [2.05, 4.69) is 44.1 Å². The summed E-state index contributed by atoms with van der Waals surface area (Å²) in [6.45, 7) is 9.76. The van der Waals surface area contributed by atoms with Gasteiger partial charge < -0.3 is 5.32 Å². The molecule has 0 aliphatic heterocycles. The molecule has 0 aromatic carbocycles. The molecular weight excluding hydrogens is 184 g/mol. The summed E-state index contributed by atoms with van der Waals surface area (Å²) in [7, 11) is 0. The Morgan fingerprint density at radius 2 is 2.13 bits per heavy atom. The molecule has 2 heteroatoms. The van der Waals surface area contributed by atoms with Crippen molar-refractivity contribution in [3.8, 4) is 0 Å². The molecule has 0 aliphatic carbocycles. The first-order chi connectivity index (χ1) is 7.19. The predicted molar refractivity (Wildman–Crippen MR) is 65.1 cm³/mol. The zero-order valence-corrected chi connectivity index (χ0v) is 10.2. The highest BCUT2D eigenvalue weighted by atomic mass is 14.9. The second-order valence-electron chi connectivity index (χ2n) is 4.12. The third kappa shape index (κ3) is 3.31. The van der Waals surface area contributed by atoms with Crippen molar-refractivity contribution in [2.45, 2.75) is 46.1 Å². The largest absolute Gasteiger partial charge is 0.314 e. The smallest absolute Gasteiger partial charge is 0.0449 e. The third-order valence-corrected chi connectivity index (χ3v) is 2.91. The SMILES string of the molecule is CCNC(CC)C(C)c1cc(C)ccn1. The molecule has 0 amide bonds. The van der Waals surface area contributed by atoms with Gasteiger partial charge in [-0.3, -0.25) is 4.98 Å². The van der Waals surface area contributed by atoms with Crippen LogP contribution in [0.25, 0.3) is 0 Å². The molecule has 2 nitrogen and oxygen atoms in total. The Kier molecular flexibility index (Phi) is 4.76. The lowest BCUT2D eigenvalue weighted by Crippen LogP contribution is -2.33. The molecule has 1 heterocycles. The van der Waals surface area contributed by atoms with Gasteiger partial charge in [0.15, 0.2) is 0 Å². The molecule has 1 rings (SSSR count). The predicted octanol–water partition coefficient (Wildman–Crippen LogP) is 2.88. The molecular formula is C13H22N2. The number of aromatic nitrogens is 1. The van der Waals surface area contributed by atoms with Crippen LogP contribution in [-0.4, -0.2) is 17.6 Å². The van der Waals surface area contributed by atoms with Gasteiger partial charge in [0.2, 0.25) is 0 Å². The highest BCUT2D eigenvalue weighted by molar-refractivity contribution is 5.18. The van der Waals surface area contributed by atoms with Crippen molar-refractivity contribution in [1.82, 2.24) is 10.3 Å². The zero-order chi connectivity index (χ0) is 11.3. The summed E-state index contributed by atoms with van der Waals surface area (Å²) < 4.78 is 0. The maximum Gasteiger partial charge on any atom is 0.0449 e. The van der Waals surface area contributed by atoms with Crippen LogP contribution in [0.5, 0.6) is 0 Å². The Balaban J connectivity index is 2.77. The van der Waals surface area contributed by atoms with E-state index in [0.29, 0.717) is 12.0 Å². The number of likely N-dealkylation sites (N-methyl/N-ethyl adjacent to an activating group) is 1. The minimum Gasteiger partial charge on any atom is -0.314 e. The van der Waals surface area contributed by atoms with Crippen LogP contribution in [0.3, 0.4) is 0 Å². The van der Waals surface area contributed by atoms with Crippen molar-refractivity contribution >= 4 is 0 Å². The van der Waals surface area contributed by atoms with E-state index >= 15 is 0 Å². The monoisotopic (exact) mass is 206 g/mol. The number of hydrogen-bond donors (Lipinski definition) is 1. The lowest BCUT2D eigenvalue weighted by molar-refractivity contribution is 0.442. The van der Waals surface area contributed by atoms with E-state index in [9.17, 15) is 0 Å².